The first-order chi connectivity index (χ1) is 14.8. The van der Waals surface area contributed by atoms with Gasteiger partial charge in [0, 0.05) is 0 Å². The Morgan fingerprint density at radius 1 is 1.10 bits per heavy atom. The van der Waals surface area contributed by atoms with E-state index in [1.54, 1.807) is 20.2 Å². The highest BCUT2D eigenvalue weighted by molar-refractivity contribution is 5.82. The molecule has 31 heavy (non-hydrogen) atoms. The second-order valence-electron chi connectivity index (χ2n) is 8.49. The molecule has 1 aliphatic heterocycles. The third kappa shape index (κ3) is 6.19. The highest BCUT2D eigenvalue weighted by atomic mass is 16.5. The Kier molecular flexibility index (Phi) is 7.14. The fraction of sp³-hybridized carbons (Fsp3) is 0.391. The Morgan fingerprint density at radius 2 is 1.84 bits per heavy atom. The Bertz CT molecular complexity index is 922. The molecular formula is C23H31N5O3. The summed E-state index contributed by atoms with van der Waals surface area (Å²) in [7, 11) is 1.60. The molecule has 166 valence electrons. The van der Waals surface area contributed by atoms with Crippen molar-refractivity contribution in [3.05, 3.63) is 59.2 Å². The van der Waals surface area contributed by atoms with Crippen LogP contribution in [0.25, 0.3) is 0 Å². The summed E-state index contributed by atoms with van der Waals surface area (Å²) < 4.78 is 11.4. The molecule has 4 N–H and O–H groups in total. The van der Waals surface area contributed by atoms with Gasteiger partial charge >= 0.3 is 0 Å². The van der Waals surface area contributed by atoms with Crippen LogP contribution in [-0.4, -0.2) is 31.6 Å². The van der Waals surface area contributed by atoms with E-state index >= 15 is 0 Å². The van der Waals surface area contributed by atoms with Gasteiger partial charge in [-0.1, -0.05) is 45.0 Å². The highest BCUT2D eigenvalue weighted by Crippen LogP contribution is 2.29. The summed E-state index contributed by atoms with van der Waals surface area (Å²) in [4.78, 5) is 11.6. The molecule has 8 heteroatoms. The van der Waals surface area contributed by atoms with E-state index in [0.29, 0.717) is 18.1 Å². The van der Waals surface area contributed by atoms with E-state index in [-0.39, 0.29) is 17.4 Å². The second-order valence-corrected chi connectivity index (χ2v) is 8.49. The third-order valence-corrected chi connectivity index (χ3v) is 4.94. The van der Waals surface area contributed by atoms with Crippen LogP contribution < -0.4 is 31.1 Å². The molecule has 0 spiro atoms. The molecule has 1 amide bonds. The molecule has 2 unspecified atom stereocenters. The Balaban J connectivity index is 1.57. The van der Waals surface area contributed by atoms with Gasteiger partial charge in [-0.25, -0.2) is 10.9 Å². The van der Waals surface area contributed by atoms with Crippen LogP contribution in [-0.2, 0) is 16.8 Å². The number of hydrazone groups is 1. The Hall–Kier alpha value is -3.10. The van der Waals surface area contributed by atoms with Crippen molar-refractivity contribution in [3.63, 3.8) is 0 Å². The molecule has 0 radical (unpaired) electrons. The smallest absolute Gasteiger partial charge is 0.240 e. The van der Waals surface area contributed by atoms with E-state index in [1.807, 2.05) is 18.2 Å². The number of carbonyl (C=O) groups excluding carboxylic acids is 1. The number of amides is 1. The lowest BCUT2D eigenvalue weighted by molar-refractivity contribution is -0.126. The van der Waals surface area contributed by atoms with Crippen molar-refractivity contribution < 1.29 is 14.3 Å². The molecule has 0 saturated carbocycles. The fourth-order valence-electron chi connectivity index (χ4n) is 2.97. The van der Waals surface area contributed by atoms with Gasteiger partial charge in [-0.2, -0.15) is 5.10 Å². The number of carbonyl (C=O) groups is 1. The molecule has 1 aliphatic rings. The van der Waals surface area contributed by atoms with Crippen molar-refractivity contribution in [2.75, 3.05) is 7.11 Å². The summed E-state index contributed by atoms with van der Waals surface area (Å²) >= 11 is 0. The maximum absolute atomic E-state index is 11.6. The quantitative estimate of drug-likeness (QED) is 0.402. The number of nitrogens with zero attached hydrogens (tertiary/aromatic N) is 1. The lowest BCUT2D eigenvalue weighted by Gasteiger charge is -2.28. The van der Waals surface area contributed by atoms with Crippen LogP contribution in [0.4, 0.5) is 0 Å². The number of rotatable bonds is 7. The predicted molar refractivity (Wildman–Crippen MR) is 121 cm³/mol. The molecule has 8 nitrogen and oxygen atoms in total. The van der Waals surface area contributed by atoms with Gasteiger partial charge in [0.1, 0.15) is 6.61 Å². The number of benzene rings is 2. The van der Waals surface area contributed by atoms with Crippen LogP contribution in [0.15, 0.2) is 47.6 Å². The molecule has 2 aromatic carbocycles. The average Bonchev–Trinajstić information content (AvgIpc) is 2.75. The number of hydrogen-bond donors (Lipinski definition) is 4. The molecule has 0 aromatic heterocycles. The van der Waals surface area contributed by atoms with Crippen molar-refractivity contribution in [1.29, 1.82) is 0 Å². The van der Waals surface area contributed by atoms with E-state index in [1.165, 1.54) is 5.56 Å². The molecule has 2 aromatic rings. The zero-order valence-electron chi connectivity index (χ0n) is 18.7. The molecule has 2 atom stereocenters. The van der Waals surface area contributed by atoms with Gasteiger partial charge in [-0.3, -0.25) is 10.2 Å². The molecule has 1 heterocycles. The standard InChI is InChI=1S/C23H31N5O3/c1-15-21(29)25-22(28-26-15)27-24-13-17-8-11-19(20(12-17)30-5)31-14-16-6-9-18(10-7-16)23(2,3)4/h6-13,15,22,26-28H,14H2,1-5H3,(H,25,29)/b24-13+. The molecule has 0 aliphatic carbocycles. The number of hydrogen-bond acceptors (Lipinski definition) is 7. The molecule has 0 bridgehead atoms. The van der Waals surface area contributed by atoms with Crippen molar-refractivity contribution in [2.24, 2.45) is 5.10 Å². The summed E-state index contributed by atoms with van der Waals surface area (Å²) in [6.07, 6.45) is 1.15. The van der Waals surface area contributed by atoms with Crippen LogP contribution in [0.3, 0.4) is 0 Å². The fourth-order valence-corrected chi connectivity index (χ4v) is 2.97. The van der Waals surface area contributed by atoms with Gasteiger partial charge in [-0.05, 0) is 47.2 Å². The molecule has 3 rings (SSSR count). The van der Waals surface area contributed by atoms with Crippen molar-refractivity contribution in [1.82, 2.24) is 21.6 Å². The van der Waals surface area contributed by atoms with E-state index in [0.717, 1.165) is 11.1 Å². The van der Waals surface area contributed by atoms with E-state index < -0.39 is 6.29 Å². The largest absolute Gasteiger partial charge is 0.493 e. The van der Waals surface area contributed by atoms with Crippen LogP contribution in [0, 0.1) is 0 Å². The summed E-state index contributed by atoms with van der Waals surface area (Å²) in [5, 5.41) is 6.91. The van der Waals surface area contributed by atoms with Crippen molar-refractivity contribution >= 4 is 12.1 Å². The summed E-state index contributed by atoms with van der Waals surface area (Å²) in [5.74, 6) is 1.17. The zero-order valence-corrected chi connectivity index (χ0v) is 18.7. The van der Waals surface area contributed by atoms with E-state index in [2.05, 4.69) is 71.7 Å². The SMILES string of the molecule is COc1cc(/C=N/NC2NNC(C)C(=O)N2)ccc1OCc1ccc(C(C)(C)C)cc1. The van der Waals surface area contributed by atoms with Gasteiger partial charge < -0.3 is 14.8 Å². The molecule has 1 fully saturated rings. The number of hydrazine groups is 1. The normalized spacial score (nSPS) is 19.2. The highest BCUT2D eigenvalue weighted by Gasteiger charge is 2.22. The minimum Gasteiger partial charge on any atom is -0.493 e. The Labute approximate surface area is 183 Å². The monoisotopic (exact) mass is 425 g/mol. The summed E-state index contributed by atoms with van der Waals surface area (Å²) in [5.41, 5.74) is 11.9. The van der Waals surface area contributed by atoms with E-state index in [9.17, 15) is 4.79 Å². The summed E-state index contributed by atoms with van der Waals surface area (Å²) in [6.45, 7) is 8.81. The minimum absolute atomic E-state index is 0.109. The number of nitrogens with one attached hydrogen (secondary N) is 4. The second kappa shape index (κ2) is 9.80. The Morgan fingerprint density at radius 3 is 2.48 bits per heavy atom. The number of ether oxygens (including phenoxy) is 2. The van der Waals surface area contributed by atoms with Crippen LogP contribution in [0.5, 0.6) is 11.5 Å². The van der Waals surface area contributed by atoms with E-state index in [4.69, 9.17) is 9.47 Å². The number of methoxy groups -OCH3 is 1. The van der Waals surface area contributed by atoms with Crippen LogP contribution in [0.1, 0.15) is 44.4 Å². The molecule has 1 saturated heterocycles. The first kappa shape index (κ1) is 22.6. The maximum Gasteiger partial charge on any atom is 0.240 e. The lowest BCUT2D eigenvalue weighted by atomic mass is 9.87. The van der Waals surface area contributed by atoms with Gasteiger partial charge in [0.15, 0.2) is 17.8 Å². The van der Waals surface area contributed by atoms with Gasteiger partial charge in [-0.15, -0.1) is 0 Å². The van der Waals surface area contributed by atoms with Crippen molar-refractivity contribution in [3.8, 4) is 11.5 Å². The van der Waals surface area contributed by atoms with Gasteiger partial charge in [0.2, 0.25) is 5.91 Å². The first-order valence-corrected chi connectivity index (χ1v) is 10.3. The first-order valence-electron chi connectivity index (χ1n) is 10.3. The topological polar surface area (TPSA) is 96.0 Å². The maximum atomic E-state index is 11.6. The van der Waals surface area contributed by atoms with Gasteiger partial charge in [0.25, 0.3) is 0 Å². The zero-order chi connectivity index (χ0) is 22.4. The van der Waals surface area contributed by atoms with Crippen LogP contribution in [0.2, 0.25) is 0 Å². The summed E-state index contributed by atoms with van der Waals surface area (Å²) in [6, 6.07) is 13.8. The lowest BCUT2D eigenvalue weighted by Crippen LogP contribution is -2.68. The van der Waals surface area contributed by atoms with Crippen LogP contribution >= 0.6 is 0 Å². The average molecular weight is 426 g/mol. The van der Waals surface area contributed by atoms with Crippen molar-refractivity contribution in [2.45, 2.75) is 52.0 Å². The molecular weight excluding hydrogens is 394 g/mol. The third-order valence-electron chi connectivity index (χ3n) is 4.94. The minimum atomic E-state index is -0.492. The predicted octanol–water partition coefficient (Wildman–Crippen LogP) is 2.39. The van der Waals surface area contributed by atoms with Gasteiger partial charge in [0.05, 0.1) is 19.4 Å².